The minimum Gasteiger partial charge on any atom is -0.481 e. The molecular weight excluding hydrogens is 394 g/mol. The number of ether oxygens (including phenoxy) is 2. The summed E-state index contributed by atoms with van der Waals surface area (Å²) in [5.41, 5.74) is 0.365. The van der Waals surface area contributed by atoms with Crippen LogP contribution in [0.15, 0.2) is 35.2 Å². The second-order valence-electron chi connectivity index (χ2n) is 4.87. The van der Waals surface area contributed by atoms with Gasteiger partial charge in [0.25, 0.3) is 0 Å². The molecule has 2 aromatic rings. The fraction of sp³-hybridized carbons (Fsp3) is 0.267. The number of hydrogen-bond acceptors (Lipinski definition) is 8. The molecule has 12 heteroatoms. The van der Waals surface area contributed by atoms with Crippen molar-refractivity contribution < 1.29 is 22.7 Å². The van der Waals surface area contributed by atoms with E-state index in [1.165, 1.54) is 32.0 Å². The molecular formula is C15H19N5O5S2. The number of anilines is 2. The first-order valence-electron chi connectivity index (χ1n) is 7.67. The van der Waals surface area contributed by atoms with Gasteiger partial charge in [-0.2, -0.15) is 18.4 Å². The van der Waals surface area contributed by atoms with Gasteiger partial charge in [0.15, 0.2) is 0 Å². The highest BCUT2D eigenvalue weighted by Crippen LogP contribution is 2.27. The Kier molecular flexibility index (Phi) is 7.07. The van der Waals surface area contributed by atoms with Crippen LogP contribution in [0.25, 0.3) is 0 Å². The smallest absolute Gasteiger partial charge is 0.336 e. The average molecular weight is 413 g/mol. The summed E-state index contributed by atoms with van der Waals surface area (Å²) in [5.74, 6) is 0.870. The zero-order valence-corrected chi connectivity index (χ0v) is 16.5. The van der Waals surface area contributed by atoms with Crippen LogP contribution in [0.5, 0.6) is 11.8 Å². The molecule has 0 saturated heterocycles. The third kappa shape index (κ3) is 6.18. The van der Waals surface area contributed by atoms with Gasteiger partial charge in [0.1, 0.15) is 0 Å². The van der Waals surface area contributed by atoms with Crippen molar-refractivity contribution in [2.45, 2.75) is 11.8 Å². The normalized spacial score (nSPS) is 10.8. The van der Waals surface area contributed by atoms with Crippen LogP contribution in [-0.4, -0.2) is 44.4 Å². The quantitative estimate of drug-likeness (QED) is 0.561. The highest BCUT2D eigenvalue weighted by atomic mass is 32.2. The first kappa shape index (κ1) is 20.6. The van der Waals surface area contributed by atoms with Crippen LogP contribution in [0.4, 0.5) is 16.4 Å². The van der Waals surface area contributed by atoms with Gasteiger partial charge in [-0.1, -0.05) is 19.1 Å². The SMILES string of the molecule is CCSc1ccccc1NS(=O)(=O)NC(=O)Nc1nc(OC)cc(OC)n1. The third-order valence-corrected chi connectivity index (χ3v) is 4.88. The molecule has 10 nitrogen and oxygen atoms in total. The van der Waals surface area contributed by atoms with Crippen molar-refractivity contribution in [1.82, 2.24) is 14.7 Å². The molecule has 0 aliphatic carbocycles. The van der Waals surface area contributed by atoms with Gasteiger partial charge in [0.05, 0.1) is 26.0 Å². The summed E-state index contributed by atoms with van der Waals surface area (Å²) in [5, 5.41) is 2.22. The maximum Gasteiger partial charge on any atom is 0.336 e. The Balaban J connectivity index is 2.09. The summed E-state index contributed by atoms with van der Waals surface area (Å²) >= 11 is 1.47. The van der Waals surface area contributed by atoms with Crippen molar-refractivity contribution in [3.8, 4) is 11.8 Å². The van der Waals surface area contributed by atoms with E-state index in [0.29, 0.717) is 5.69 Å². The number of para-hydroxylation sites is 1. The van der Waals surface area contributed by atoms with Crippen LogP contribution < -0.4 is 24.2 Å². The molecule has 2 amide bonds. The van der Waals surface area contributed by atoms with Crippen LogP contribution in [0.3, 0.4) is 0 Å². The van der Waals surface area contributed by atoms with Crippen molar-refractivity contribution in [2.75, 3.05) is 30.0 Å². The van der Waals surface area contributed by atoms with Crippen molar-refractivity contribution in [3.05, 3.63) is 30.3 Å². The molecule has 0 radical (unpaired) electrons. The van der Waals surface area contributed by atoms with Gasteiger partial charge in [-0.05, 0) is 17.9 Å². The highest BCUT2D eigenvalue weighted by Gasteiger charge is 2.17. The van der Waals surface area contributed by atoms with Crippen molar-refractivity contribution in [3.63, 3.8) is 0 Å². The summed E-state index contributed by atoms with van der Waals surface area (Å²) in [4.78, 5) is 20.5. The second kappa shape index (κ2) is 9.28. The van der Waals surface area contributed by atoms with E-state index in [2.05, 4.69) is 20.0 Å². The number of benzene rings is 1. The van der Waals surface area contributed by atoms with E-state index in [0.717, 1.165) is 10.6 Å². The van der Waals surface area contributed by atoms with E-state index >= 15 is 0 Å². The van der Waals surface area contributed by atoms with Gasteiger partial charge in [0, 0.05) is 4.90 Å². The molecule has 2 rings (SSSR count). The number of nitrogens with one attached hydrogen (secondary N) is 3. The summed E-state index contributed by atoms with van der Waals surface area (Å²) in [6, 6.07) is 7.23. The molecule has 0 saturated carbocycles. The lowest BCUT2D eigenvalue weighted by Crippen LogP contribution is -2.38. The maximum atomic E-state index is 12.2. The fourth-order valence-corrected chi connectivity index (χ4v) is 3.56. The van der Waals surface area contributed by atoms with Crippen molar-refractivity contribution >= 4 is 39.6 Å². The molecule has 0 fully saturated rings. The van der Waals surface area contributed by atoms with Gasteiger partial charge in [-0.3, -0.25) is 10.0 Å². The number of urea groups is 1. The number of methoxy groups -OCH3 is 2. The Morgan fingerprint density at radius 3 is 2.37 bits per heavy atom. The molecule has 3 N–H and O–H groups in total. The van der Waals surface area contributed by atoms with Gasteiger partial charge in [-0.15, -0.1) is 11.8 Å². The van der Waals surface area contributed by atoms with Crippen LogP contribution in [0.2, 0.25) is 0 Å². The summed E-state index contributed by atoms with van der Waals surface area (Å²) in [6.07, 6.45) is 0. The molecule has 0 aliphatic rings. The Morgan fingerprint density at radius 2 is 1.78 bits per heavy atom. The molecule has 27 heavy (non-hydrogen) atoms. The van der Waals surface area contributed by atoms with Crippen LogP contribution in [0, 0.1) is 0 Å². The minimum absolute atomic E-state index is 0.142. The van der Waals surface area contributed by atoms with Gasteiger partial charge in [0.2, 0.25) is 17.7 Å². The van der Waals surface area contributed by atoms with Gasteiger partial charge >= 0.3 is 16.2 Å². The lowest BCUT2D eigenvalue weighted by atomic mass is 10.3. The zero-order chi connectivity index (χ0) is 19.9. The highest BCUT2D eigenvalue weighted by molar-refractivity contribution is 7.99. The first-order valence-corrected chi connectivity index (χ1v) is 10.1. The number of carbonyl (C=O) groups excluding carboxylic acids is 1. The van der Waals surface area contributed by atoms with E-state index in [1.807, 2.05) is 11.6 Å². The number of rotatable bonds is 8. The first-order chi connectivity index (χ1) is 12.9. The predicted octanol–water partition coefficient (Wildman–Crippen LogP) is 2.08. The zero-order valence-electron chi connectivity index (χ0n) is 14.8. The second-order valence-corrected chi connectivity index (χ2v) is 7.59. The van der Waals surface area contributed by atoms with Crippen LogP contribution >= 0.6 is 11.8 Å². The topological polar surface area (TPSA) is 132 Å². The van der Waals surface area contributed by atoms with Gasteiger partial charge in [-0.25, -0.2) is 9.52 Å². The van der Waals surface area contributed by atoms with Crippen molar-refractivity contribution in [1.29, 1.82) is 0 Å². The summed E-state index contributed by atoms with van der Waals surface area (Å²) in [6.45, 7) is 1.95. The Labute approximate surface area is 161 Å². The summed E-state index contributed by atoms with van der Waals surface area (Å²) < 4.78 is 38.5. The Hall–Kier alpha value is -2.73. The number of amides is 2. The van der Waals surface area contributed by atoms with Crippen LogP contribution in [0.1, 0.15) is 6.92 Å². The van der Waals surface area contributed by atoms with E-state index in [-0.39, 0.29) is 17.7 Å². The number of aromatic nitrogens is 2. The molecule has 0 spiro atoms. The number of hydrogen-bond donors (Lipinski definition) is 3. The fourth-order valence-electron chi connectivity index (χ4n) is 1.92. The molecule has 1 aromatic heterocycles. The lowest BCUT2D eigenvalue weighted by Gasteiger charge is -2.13. The molecule has 0 atom stereocenters. The molecule has 0 bridgehead atoms. The Morgan fingerprint density at radius 1 is 1.15 bits per heavy atom. The number of thioether (sulfide) groups is 1. The largest absolute Gasteiger partial charge is 0.481 e. The average Bonchev–Trinajstić information content (AvgIpc) is 2.62. The molecule has 146 valence electrons. The maximum absolute atomic E-state index is 12.2. The van der Waals surface area contributed by atoms with E-state index in [1.54, 1.807) is 24.3 Å². The van der Waals surface area contributed by atoms with Crippen LogP contribution in [-0.2, 0) is 10.2 Å². The molecule has 1 aromatic carbocycles. The monoisotopic (exact) mass is 413 g/mol. The predicted molar refractivity (Wildman–Crippen MR) is 103 cm³/mol. The standard InChI is InChI=1S/C15H19N5O5S2/c1-4-26-11-8-6-5-7-10(11)19-27(22,23)20-15(21)18-14-16-12(24-2)9-13(17-14)25-3/h5-9,19H,4H2,1-3H3,(H2,16,17,18,20,21). The van der Waals surface area contributed by atoms with E-state index in [4.69, 9.17) is 9.47 Å². The van der Waals surface area contributed by atoms with Crippen molar-refractivity contribution in [2.24, 2.45) is 0 Å². The van der Waals surface area contributed by atoms with E-state index in [9.17, 15) is 13.2 Å². The van der Waals surface area contributed by atoms with Gasteiger partial charge < -0.3 is 9.47 Å². The number of carbonyl (C=O) groups is 1. The summed E-state index contributed by atoms with van der Waals surface area (Å²) in [7, 11) is -1.41. The molecule has 1 heterocycles. The third-order valence-electron chi connectivity index (χ3n) is 2.98. The molecule has 0 aliphatic heterocycles. The van der Waals surface area contributed by atoms with E-state index < -0.39 is 16.2 Å². The molecule has 0 unspecified atom stereocenters. The lowest BCUT2D eigenvalue weighted by molar-refractivity contribution is 0.256. The number of nitrogens with zero attached hydrogens (tertiary/aromatic N) is 2. The minimum atomic E-state index is -4.17. The Bertz CT molecular complexity index is 885.